The van der Waals surface area contributed by atoms with Gasteiger partial charge < -0.3 is 0 Å². The Balaban J connectivity index is 2.03. The molecule has 7 heteroatoms. The lowest BCUT2D eigenvalue weighted by atomic mass is 10.1. The zero-order valence-electron chi connectivity index (χ0n) is 12.0. The van der Waals surface area contributed by atoms with Crippen LogP contribution in [0.25, 0.3) is 22.2 Å². The van der Waals surface area contributed by atoms with Crippen LogP contribution in [0.4, 0.5) is 17.6 Å². The molecule has 0 aliphatic rings. The number of halogens is 5. The molecule has 124 valence electrons. The van der Waals surface area contributed by atoms with E-state index in [2.05, 4.69) is 25.7 Å². The summed E-state index contributed by atoms with van der Waals surface area (Å²) in [5.41, 5.74) is 0.863. The van der Waals surface area contributed by atoms with Gasteiger partial charge in [-0.15, -0.1) is 0 Å². The molecule has 0 N–H and O–H groups in total. The lowest BCUT2D eigenvalue weighted by molar-refractivity contribution is -0.328. The number of alkyl halides is 4. The number of benzene rings is 2. The second-order valence-corrected chi connectivity index (χ2v) is 5.83. The van der Waals surface area contributed by atoms with Crippen LogP contribution < -0.4 is 0 Å². The Kier molecular flexibility index (Phi) is 4.56. The van der Waals surface area contributed by atoms with Crippen LogP contribution in [0, 0.1) is 0 Å². The van der Waals surface area contributed by atoms with Gasteiger partial charge in [0.1, 0.15) is 0 Å². The molecule has 0 fully saturated rings. The zero-order chi connectivity index (χ0) is 17.3. The highest BCUT2D eigenvalue weighted by Crippen LogP contribution is 2.34. The van der Waals surface area contributed by atoms with Crippen LogP contribution in [0.15, 0.2) is 59.1 Å². The van der Waals surface area contributed by atoms with Gasteiger partial charge in [-0.3, -0.25) is 4.74 Å². The van der Waals surface area contributed by atoms with E-state index in [1.165, 1.54) is 6.07 Å². The molecule has 2 nitrogen and oxygen atoms in total. The summed E-state index contributed by atoms with van der Waals surface area (Å²) >= 11 is 3.41. The number of ether oxygens (including phenoxy) is 1. The lowest BCUT2D eigenvalue weighted by Crippen LogP contribution is -2.21. The summed E-state index contributed by atoms with van der Waals surface area (Å²) in [5, 5.41) is 0.878. The third-order valence-corrected chi connectivity index (χ3v) is 4.10. The quantitative estimate of drug-likeness (QED) is 0.505. The van der Waals surface area contributed by atoms with E-state index >= 15 is 0 Å². The molecule has 0 bridgehead atoms. The van der Waals surface area contributed by atoms with Gasteiger partial charge in [0.15, 0.2) is 0 Å². The third kappa shape index (κ3) is 3.42. The maximum Gasteiger partial charge on any atom is 0.387 e. The molecule has 3 aromatic rings. The van der Waals surface area contributed by atoms with E-state index in [4.69, 9.17) is 0 Å². The number of hydrogen-bond donors (Lipinski definition) is 0. The Bertz CT molecular complexity index is 885. The standard InChI is InChI=1S/C17H10BrF4NO/c18-13-5-2-6-15-12(13)7-8-14(23-15)10-3-1-4-11(9-10)17(21,22)24-16(19)20/h1-9,16H. The summed E-state index contributed by atoms with van der Waals surface area (Å²) < 4.78 is 55.9. The molecule has 0 unspecified atom stereocenters. The molecule has 1 heterocycles. The van der Waals surface area contributed by atoms with Gasteiger partial charge in [0.2, 0.25) is 0 Å². The van der Waals surface area contributed by atoms with Gasteiger partial charge in [-0.05, 0) is 30.3 Å². The maximum atomic E-state index is 13.7. The highest BCUT2D eigenvalue weighted by atomic mass is 79.9. The van der Waals surface area contributed by atoms with Gasteiger partial charge in [-0.2, -0.15) is 17.6 Å². The van der Waals surface area contributed by atoms with Crippen molar-refractivity contribution in [1.29, 1.82) is 0 Å². The van der Waals surface area contributed by atoms with E-state index in [-0.39, 0.29) is 0 Å². The highest BCUT2D eigenvalue weighted by Gasteiger charge is 2.36. The second kappa shape index (κ2) is 6.49. The van der Waals surface area contributed by atoms with Crippen molar-refractivity contribution in [3.63, 3.8) is 0 Å². The van der Waals surface area contributed by atoms with E-state index in [1.54, 1.807) is 18.2 Å². The second-order valence-electron chi connectivity index (χ2n) is 4.98. The highest BCUT2D eigenvalue weighted by molar-refractivity contribution is 9.10. The molecule has 1 aromatic heterocycles. The molecule has 2 aromatic carbocycles. The van der Waals surface area contributed by atoms with E-state index in [0.717, 1.165) is 22.0 Å². The third-order valence-electron chi connectivity index (χ3n) is 3.41. The first-order chi connectivity index (χ1) is 11.4. The maximum absolute atomic E-state index is 13.7. The van der Waals surface area contributed by atoms with Crippen molar-refractivity contribution >= 4 is 26.8 Å². The van der Waals surface area contributed by atoms with Crippen LogP contribution in [0.3, 0.4) is 0 Å². The first-order valence-electron chi connectivity index (χ1n) is 6.87. The molecule has 0 saturated carbocycles. The van der Waals surface area contributed by atoms with Crippen LogP contribution in [-0.2, 0) is 10.8 Å². The largest absolute Gasteiger partial charge is 0.387 e. The summed E-state index contributed by atoms with van der Waals surface area (Å²) in [7, 11) is 0. The van der Waals surface area contributed by atoms with Crippen molar-refractivity contribution in [1.82, 2.24) is 4.98 Å². The van der Waals surface area contributed by atoms with Crippen molar-refractivity contribution in [2.75, 3.05) is 0 Å². The molecule has 0 aliphatic carbocycles. The van der Waals surface area contributed by atoms with Crippen LogP contribution in [0.1, 0.15) is 5.56 Å². The van der Waals surface area contributed by atoms with Crippen LogP contribution in [0.5, 0.6) is 0 Å². The molecule has 24 heavy (non-hydrogen) atoms. The number of aromatic nitrogens is 1. The number of nitrogens with zero attached hydrogens (tertiary/aromatic N) is 1. The lowest BCUT2D eigenvalue weighted by Gasteiger charge is -2.17. The molecule has 0 amide bonds. The molecule has 0 saturated heterocycles. The van der Waals surface area contributed by atoms with Gasteiger partial charge >= 0.3 is 12.7 Å². The number of pyridine rings is 1. The van der Waals surface area contributed by atoms with Gasteiger partial charge in [-0.1, -0.05) is 40.2 Å². The Morgan fingerprint density at radius 1 is 1.00 bits per heavy atom. The van der Waals surface area contributed by atoms with Crippen LogP contribution in [0.2, 0.25) is 0 Å². The van der Waals surface area contributed by atoms with Crippen LogP contribution >= 0.6 is 15.9 Å². The Hall–Kier alpha value is -1.99. The SMILES string of the molecule is FC(F)OC(F)(F)c1cccc(-c2ccc3c(Br)cccc3n2)c1. The topological polar surface area (TPSA) is 22.1 Å². The summed E-state index contributed by atoms with van der Waals surface area (Å²) in [4.78, 5) is 4.43. The smallest absolute Gasteiger partial charge is 0.254 e. The van der Waals surface area contributed by atoms with Crippen LogP contribution in [-0.4, -0.2) is 11.6 Å². The fourth-order valence-corrected chi connectivity index (χ4v) is 2.81. The van der Waals surface area contributed by atoms with Crippen molar-refractivity contribution < 1.29 is 22.3 Å². The summed E-state index contributed by atoms with van der Waals surface area (Å²) in [5.74, 6) is 0. The van der Waals surface area contributed by atoms with E-state index < -0.39 is 18.3 Å². The molecular weight excluding hydrogens is 390 g/mol. The Morgan fingerprint density at radius 3 is 2.50 bits per heavy atom. The van der Waals surface area contributed by atoms with Crippen molar-refractivity contribution in [3.05, 3.63) is 64.6 Å². The Labute approximate surface area is 143 Å². The molecule has 0 aliphatic heterocycles. The first kappa shape index (κ1) is 16.9. The average molecular weight is 400 g/mol. The Morgan fingerprint density at radius 2 is 1.75 bits per heavy atom. The minimum Gasteiger partial charge on any atom is -0.254 e. The number of rotatable bonds is 4. The van der Waals surface area contributed by atoms with E-state index in [0.29, 0.717) is 16.8 Å². The van der Waals surface area contributed by atoms with E-state index in [1.807, 2.05) is 18.2 Å². The first-order valence-corrected chi connectivity index (χ1v) is 7.66. The van der Waals surface area contributed by atoms with Crippen molar-refractivity contribution in [2.45, 2.75) is 12.7 Å². The fourth-order valence-electron chi connectivity index (χ4n) is 2.32. The normalized spacial score (nSPS) is 12.1. The molecule has 0 spiro atoms. The summed E-state index contributed by atoms with van der Waals surface area (Å²) in [6, 6.07) is 14.0. The number of fused-ring (bicyclic) bond motifs is 1. The molecule has 3 rings (SSSR count). The summed E-state index contributed by atoms with van der Waals surface area (Å²) in [6.07, 6.45) is -4.08. The predicted molar refractivity (Wildman–Crippen MR) is 85.9 cm³/mol. The monoisotopic (exact) mass is 399 g/mol. The molecule has 0 radical (unpaired) electrons. The predicted octanol–water partition coefficient (Wildman–Crippen LogP) is 5.95. The van der Waals surface area contributed by atoms with Gasteiger partial charge in [-0.25, -0.2) is 4.98 Å². The fraction of sp³-hybridized carbons (Fsp3) is 0.118. The minimum absolute atomic E-state index is 0.381. The summed E-state index contributed by atoms with van der Waals surface area (Å²) in [6.45, 7) is -3.57. The van der Waals surface area contributed by atoms with Gasteiger partial charge in [0.05, 0.1) is 16.8 Å². The molecule has 0 atom stereocenters. The zero-order valence-corrected chi connectivity index (χ0v) is 13.6. The average Bonchev–Trinajstić information content (AvgIpc) is 2.54. The van der Waals surface area contributed by atoms with Crippen molar-refractivity contribution in [2.24, 2.45) is 0 Å². The van der Waals surface area contributed by atoms with Crippen molar-refractivity contribution in [3.8, 4) is 11.3 Å². The number of hydrogen-bond acceptors (Lipinski definition) is 2. The molecular formula is C17H10BrF4NO. The van der Waals surface area contributed by atoms with Gasteiger partial charge in [0.25, 0.3) is 0 Å². The van der Waals surface area contributed by atoms with Gasteiger partial charge in [0, 0.05) is 15.4 Å². The van der Waals surface area contributed by atoms with E-state index in [9.17, 15) is 17.6 Å². The minimum atomic E-state index is -4.08.